The van der Waals surface area contributed by atoms with E-state index in [9.17, 15) is 9.59 Å². The summed E-state index contributed by atoms with van der Waals surface area (Å²) in [6, 6.07) is 7.38. The minimum absolute atomic E-state index is 0.0983. The maximum atomic E-state index is 13.0. The molecule has 4 nitrogen and oxygen atoms in total. The summed E-state index contributed by atoms with van der Waals surface area (Å²) in [6.07, 6.45) is 4.53. The molecule has 1 aromatic carbocycles. The first-order chi connectivity index (χ1) is 12.5. The highest BCUT2D eigenvalue weighted by Gasteiger charge is 2.38. The molecule has 5 heteroatoms. The van der Waals surface area contributed by atoms with Crippen LogP contribution in [-0.4, -0.2) is 47.3 Å². The second-order valence-corrected chi connectivity index (χ2v) is 8.37. The van der Waals surface area contributed by atoms with Gasteiger partial charge in [-0.25, -0.2) is 0 Å². The Balaban J connectivity index is 1.62. The minimum Gasteiger partial charge on any atom is -0.341 e. The Morgan fingerprint density at radius 3 is 2.42 bits per heavy atom. The average molecular weight is 377 g/mol. The van der Waals surface area contributed by atoms with E-state index in [0.29, 0.717) is 23.9 Å². The molecule has 1 unspecified atom stereocenters. The molecule has 0 bridgehead atoms. The number of benzene rings is 1. The maximum absolute atomic E-state index is 13.0. The van der Waals surface area contributed by atoms with E-state index >= 15 is 0 Å². The van der Waals surface area contributed by atoms with Gasteiger partial charge in [0.05, 0.1) is 0 Å². The van der Waals surface area contributed by atoms with Crippen LogP contribution in [0.3, 0.4) is 0 Å². The predicted octanol–water partition coefficient (Wildman–Crippen LogP) is 3.77. The molecule has 2 amide bonds. The number of hydrogen-bond donors (Lipinski definition) is 0. The molecular formula is C21H29ClN2O2. The Morgan fingerprint density at radius 1 is 1.12 bits per heavy atom. The van der Waals surface area contributed by atoms with Crippen LogP contribution in [0.2, 0.25) is 5.02 Å². The lowest BCUT2D eigenvalue weighted by Gasteiger charge is -2.35. The summed E-state index contributed by atoms with van der Waals surface area (Å²) in [6.45, 7) is 6.56. The van der Waals surface area contributed by atoms with Gasteiger partial charge in [-0.2, -0.15) is 0 Å². The van der Waals surface area contributed by atoms with E-state index in [1.807, 2.05) is 41.0 Å². The zero-order valence-corrected chi connectivity index (χ0v) is 16.5. The van der Waals surface area contributed by atoms with Gasteiger partial charge in [0.25, 0.3) is 0 Å². The van der Waals surface area contributed by atoms with Gasteiger partial charge in [-0.3, -0.25) is 9.59 Å². The number of rotatable bonds is 4. The van der Waals surface area contributed by atoms with Crippen molar-refractivity contribution in [1.29, 1.82) is 0 Å². The summed E-state index contributed by atoms with van der Waals surface area (Å²) in [5.74, 6) is 0.813. The van der Waals surface area contributed by atoms with Crippen molar-refractivity contribution in [3.63, 3.8) is 0 Å². The number of halogens is 1. The number of hydrogen-bond acceptors (Lipinski definition) is 2. The molecule has 26 heavy (non-hydrogen) atoms. The van der Waals surface area contributed by atoms with E-state index in [4.69, 9.17) is 11.6 Å². The first-order valence-electron chi connectivity index (χ1n) is 9.79. The Hall–Kier alpha value is -1.55. The van der Waals surface area contributed by atoms with E-state index in [0.717, 1.165) is 44.3 Å². The van der Waals surface area contributed by atoms with Gasteiger partial charge in [0.15, 0.2) is 0 Å². The van der Waals surface area contributed by atoms with Gasteiger partial charge < -0.3 is 9.80 Å². The standard InChI is InChI=1S/C21H29ClN2O2/c1-15-9-12-23(13-10-15)21(26)19-4-3-11-24(19)20(25)16(2)14-17-5-7-18(22)8-6-17/h5-8,15-16,19H,3-4,9-14H2,1-2H3/t16?,19-/m0/s1. The Labute approximate surface area is 161 Å². The molecule has 142 valence electrons. The number of amides is 2. The lowest BCUT2D eigenvalue weighted by molar-refractivity contribution is -0.146. The van der Waals surface area contributed by atoms with Crippen LogP contribution in [0.4, 0.5) is 0 Å². The van der Waals surface area contributed by atoms with Gasteiger partial charge in [-0.05, 0) is 55.7 Å². The monoisotopic (exact) mass is 376 g/mol. The second-order valence-electron chi connectivity index (χ2n) is 7.93. The lowest BCUT2D eigenvalue weighted by atomic mass is 9.97. The van der Waals surface area contributed by atoms with Gasteiger partial charge in [0, 0.05) is 30.6 Å². The quantitative estimate of drug-likeness (QED) is 0.802. The van der Waals surface area contributed by atoms with Gasteiger partial charge in [-0.1, -0.05) is 37.6 Å². The van der Waals surface area contributed by atoms with Gasteiger partial charge >= 0.3 is 0 Å². The molecule has 1 aromatic rings. The van der Waals surface area contributed by atoms with Crippen LogP contribution >= 0.6 is 11.6 Å². The van der Waals surface area contributed by atoms with E-state index < -0.39 is 0 Å². The number of carbonyl (C=O) groups is 2. The van der Waals surface area contributed by atoms with Crippen molar-refractivity contribution in [2.24, 2.45) is 11.8 Å². The molecule has 2 fully saturated rings. The Kier molecular flexibility index (Phi) is 6.23. The Bertz CT molecular complexity index is 638. The average Bonchev–Trinajstić information content (AvgIpc) is 3.12. The molecule has 0 aliphatic carbocycles. The molecular weight excluding hydrogens is 348 g/mol. The third-order valence-corrected chi connectivity index (χ3v) is 6.04. The normalized spacial score (nSPS) is 22.5. The fourth-order valence-electron chi connectivity index (χ4n) is 4.07. The smallest absolute Gasteiger partial charge is 0.245 e. The van der Waals surface area contributed by atoms with Crippen LogP contribution in [0.1, 0.15) is 45.1 Å². The minimum atomic E-state index is -0.261. The van der Waals surface area contributed by atoms with Crippen LogP contribution in [0.15, 0.2) is 24.3 Å². The van der Waals surface area contributed by atoms with E-state index in [1.165, 1.54) is 0 Å². The lowest BCUT2D eigenvalue weighted by Crippen LogP contribution is -2.51. The van der Waals surface area contributed by atoms with Crippen molar-refractivity contribution in [3.05, 3.63) is 34.9 Å². The number of carbonyl (C=O) groups excluding carboxylic acids is 2. The highest BCUT2D eigenvalue weighted by Crippen LogP contribution is 2.25. The molecule has 2 atom stereocenters. The molecule has 2 heterocycles. The fraction of sp³-hybridized carbons (Fsp3) is 0.619. The van der Waals surface area contributed by atoms with Crippen molar-refractivity contribution in [1.82, 2.24) is 9.80 Å². The molecule has 0 saturated carbocycles. The van der Waals surface area contributed by atoms with E-state index in [2.05, 4.69) is 6.92 Å². The molecule has 0 radical (unpaired) electrons. The first kappa shape index (κ1) is 19.2. The van der Waals surface area contributed by atoms with Crippen LogP contribution in [0, 0.1) is 11.8 Å². The zero-order valence-electron chi connectivity index (χ0n) is 15.8. The fourth-order valence-corrected chi connectivity index (χ4v) is 4.20. The van der Waals surface area contributed by atoms with Gasteiger partial charge in [0.1, 0.15) is 6.04 Å². The summed E-state index contributed by atoms with van der Waals surface area (Å²) in [5.41, 5.74) is 1.10. The number of piperidine rings is 1. The molecule has 0 N–H and O–H groups in total. The van der Waals surface area contributed by atoms with E-state index in [1.54, 1.807) is 0 Å². The molecule has 0 spiro atoms. The third-order valence-electron chi connectivity index (χ3n) is 5.79. The van der Waals surface area contributed by atoms with Crippen molar-refractivity contribution >= 4 is 23.4 Å². The highest BCUT2D eigenvalue weighted by atomic mass is 35.5. The van der Waals surface area contributed by atoms with Crippen LogP contribution in [0.5, 0.6) is 0 Å². The summed E-state index contributed by atoms with van der Waals surface area (Å²) in [4.78, 5) is 29.8. The molecule has 3 rings (SSSR count). The second kappa shape index (κ2) is 8.43. The maximum Gasteiger partial charge on any atom is 0.245 e. The summed E-state index contributed by atoms with van der Waals surface area (Å²) in [7, 11) is 0. The van der Waals surface area contributed by atoms with Crippen molar-refractivity contribution in [2.45, 2.75) is 52.0 Å². The molecule has 2 aliphatic rings. The third kappa shape index (κ3) is 4.40. The van der Waals surface area contributed by atoms with Crippen molar-refractivity contribution in [3.8, 4) is 0 Å². The summed E-state index contributed by atoms with van der Waals surface area (Å²) in [5, 5.41) is 0.703. The SMILES string of the molecule is CC1CCN(C(=O)[C@@H]2CCCN2C(=O)C(C)Cc2ccc(Cl)cc2)CC1. The zero-order chi connectivity index (χ0) is 18.7. The Morgan fingerprint density at radius 2 is 1.77 bits per heavy atom. The molecule has 0 aromatic heterocycles. The van der Waals surface area contributed by atoms with Crippen molar-refractivity contribution in [2.75, 3.05) is 19.6 Å². The summed E-state index contributed by atoms with van der Waals surface area (Å²) >= 11 is 5.93. The largest absolute Gasteiger partial charge is 0.341 e. The summed E-state index contributed by atoms with van der Waals surface area (Å²) < 4.78 is 0. The van der Waals surface area contributed by atoms with Crippen LogP contribution < -0.4 is 0 Å². The van der Waals surface area contributed by atoms with Crippen molar-refractivity contribution < 1.29 is 9.59 Å². The van der Waals surface area contributed by atoms with Crippen LogP contribution in [-0.2, 0) is 16.0 Å². The van der Waals surface area contributed by atoms with Gasteiger partial charge in [0.2, 0.25) is 11.8 Å². The van der Waals surface area contributed by atoms with E-state index in [-0.39, 0.29) is 23.8 Å². The topological polar surface area (TPSA) is 40.6 Å². The molecule has 2 aliphatic heterocycles. The van der Waals surface area contributed by atoms with Gasteiger partial charge in [-0.15, -0.1) is 0 Å². The predicted molar refractivity (Wildman–Crippen MR) is 104 cm³/mol. The number of nitrogens with zero attached hydrogens (tertiary/aromatic N) is 2. The highest BCUT2D eigenvalue weighted by molar-refractivity contribution is 6.30. The first-order valence-corrected chi connectivity index (χ1v) is 10.2. The van der Waals surface area contributed by atoms with Crippen LogP contribution in [0.25, 0.3) is 0 Å². The molecule has 2 saturated heterocycles. The number of likely N-dealkylation sites (tertiary alicyclic amines) is 2.